The molecule has 0 unspecified atom stereocenters. The first kappa shape index (κ1) is 20.2. The van der Waals surface area contributed by atoms with Gasteiger partial charge in [0, 0.05) is 11.1 Å². The molecule has 3 rings (SSSR count). The highest BCUT2D eigenvalue weighted by molar-refractivity contribution is 5.94. The summed E-state index contributed by atoms with van der Waals surface area (Å²) < 4.78 is 21.5. The number of hydrogen-bond donors (Lipinski definition) is 1. The Kier molecular flexibility index (Phi) is 6.67. The summed E-state index contributed by atoms with van der Waals surface area (Å²) in [7, 11) is 1.60. The Morgan fingerprint density at radius 3 is 2.45 bits per heavy atom. The Morgan fingerprint density at radius 1 is 1.03 bits per heavy atom. The molecule has 8 nitrogen and oxygen atoms in total. The Hall–Kier alpha value is -3.55. The number of hydrogen-bond acceptors (Lipinski definition) is 7. The molecule has 1 N–H and O–H groups in total. The van der Waals surface area contributed by atoms with Crippen LogP contribution in [-0.2, 0) is 6.54 Å². The molecular weight excluding hydrogens is 374 g/mol. The minimum absolute atomic E-state index is 0.135. The van der Waals surface area contributed by atoms with Crippen molar-refractivity contribution >= 4 is 5.91 Å². The maximum atomic E-state index is 12.5. The van der Waals surface area contributed by atoms with Crippen LogP contribution in [-0.4, -0.2) is 36.4 Å². The summed E-state index contributed by atoms with van der Waals surface area (Å²) >= 11 is 0. The summed E-state index contributed by atoms with van der Waals surface area (Å²) in [5, 5.41) is 6.69. The second-order valence-electron chi connectivity index (χ2n) is 5.95. The fourth-order valence-corrected chi connectivity index (χ4v) is 2.63. The van der Waals surface area contributed by atoms with Crippen molar-refractivity contribution in [3.63, 3.8) is 0 Å². The number of nitrogens with one attached hydrogen (secondary N) is 1. The molecular formula is C21H23N3O5. The van der Waals surface area contributed by atoms with E-state index in [1.165, 1.54) is 0 Å². The van der Waals surface area contributed by atoms with Gasteiger partial charge in [0.25, 0.3) is 11.8 Å². The number of carbonyl (C=O) groups excluding carboxylic acids is 1. The van der Waals surface area contributed by atoms with Gasteiger partial charge < -0.3 is 24.1 Å². The van der Waals surface area contributed by atoms with Gasteiger partial charge in [-0.3, -0.25) is 4.79 Å². The molecule has 0 aliphatic heterocycles. The molecule has 8 heteroatoms. The molecule has 0 atom stereocenters. The van der Waals surface area contributed by atoms with Crippen LogP contribution in [0.5, 0.6) is 17.2 Å². The molecule has 0 saturated heterocycles. The molecule has 29 heavy (non-hydrogen) atoms. The highest BCUT2D eigenvalue weighted by atomic mass is 16.5. The van der Waals surface area contributed by atoms with E-state index in [2.05, 4.69) is 15.5 Å². The minimum atomic E-state index is -0.273. The maximum absolute atomic E-state index is 12.5. The molecule has 1 amide bonds. The maximum Gasteiger partial charge on any atom is 0.257 e. The highest BCUT2D eigenvalue weighted by Gasteiger charge is 2.14. The number of benzene rings is 2. The number of rotatable bonds is 9. The van der Waals surface area contributed by atoms with Crippen LogP contribution < -0.4 is 19.5 Å². The SMILES string of the molecule is CCOc1ccc(C(=O)NCc2noc(-c3ccc(OC)cc3)n2)cc1OCC. The Bertz CT molecular complexity index is 953. The van der Waals surface area contributed by atoms with E-state index in [9.17, 15) is 4.79 Å². The lowest BCUT2D eigenvalue weighted by Gasteiger charge is -2.12. The van der Waals surface area contributed by atoms with E-state index < -0.39 is 0 Å². The first-order chi connectivity index (χ1) is 14.1. The monoisotopic (exact) mass is 397 g/mol. The quantitative estimate of drug-likeness (QED) is 0.590. The van der Waals surface area contributed by atoms with Gasteiger partial charge in [-0.15, -0.1) is 0 Å². The van der Waals surface area contributed by atoms with Crippen molar-refractivity contribution in [1.82, 2.24) is 15.5 Å². The van der Waals surface area contributed by atoms with Crippen molar-refractivity contribution in [2.75, 3.05) is 20.3 Å². The molecule has 0 spiro atoms. The summed E-state index contributed by atoms with van der Waals surface area (Å²) in [5.41, 5.74) is 1.22. The van der Waals surface area contributed by atoms with Gasteiger partial charge in [0.1, 0.15) is 5.75 Å². The zero-order valence-electron chi connectivity index (χ0n) is 16.6. The number of methoxy groups -OCH3 is 1. The molecule has 3 aromatic rings. The second-order valence-corrected chi connectivity index (χ2v) is 5.95. The minimum Gasteiger partial charge on any atom is -0.497 e. The van der Waals surface area contributed by atoms with Crippen LogP contribution in [0, 0.1) is 0 Å². The lowest BCUT2D eigenvalue weighted by atomic mass is 10.2. The van der Waals surface area contributed by atoms with E-state index in [4.69, 9.17) is 18.7 Å². The van der Waals surface area contributed by atoms with Crippen LogP contribution >= 0.6 is 0 Å². The van der Waals surface area contributed by atoms with Gasteiger partial charge >= 0.3 is 0 Å². The molecule has 1 heterocycles. The van der Waals surface area contributed by atoms with Crippen molar-refractivity contribution in [2.45, 2.75) is 20.4 Å². The van der Waals surface area contributed by atoms with Crippen molar-refractivity contribution in [2.24, 2.45) is 0 Å². The van der Waals surface area contributed by atoms with Crippen LogP contribution in [0.1, 0.15) is 30.0 Å². The molecule has 2 aromatic carbocycles. The topological polar surface area (TPSA) is 95.7 Å². The van der Waals surface area contributed by atoms with E-state index in [0.717, 1.165) is 11.3 Å². The Labute approximate surface area is 168 Å². The second kappa shape index (κ2) is 9.59. The molecule has 0 radical (unpaired) electrons. The average Bonchev–Trinajstić information content (AvgIpc) is 3.22. The van der Waals surface area contributed by atoms with Gasteiger partial charge in [-0.05, 0) is 56.3 Å². The summed E-state index contributed by atoms with van der Waals surface area (Å²) in [6.45, 7) is 4.89. The standard InChI is InChI=1S/C21H23N3O5/c1-4-27-17-11-8-15(12-18(17)28-5-2)20(25)22-13-19-23-21(29-24-19)14-6-9-16(26-3)10-7-14/h6-12H,4-5,13H2,1-3H3,(H,22,25). The van der Waals surface area contributed by atoms with E-state index in [1.807, 2.05) is 38.1 Å². The third-order valence-corrected chi connectivity index (χ3v) is 4.02. The van der Waals surface area contributed by atoms with Crippen LogP contribution in [0.4, 0.5) is 0 Å². The fraction of sp³-hybridized carbons (Fsp3) is 0.286. The van der Waals surface area contributed by atoms with Crippen LogP contribution in [0.2, 0.25) is 0 Å². The summed E-state index contributed by atoms with van der Waals surface area (Å²) in [6, 6.07) is 12.3. The van der Waals surface area contributed by atoms with Crippen molar-refractivity contribution in [1.29, 1.82) is 0 Å². The zero-order chi connectivity index (χ0) is 20.6. The third kappa shape index (κ3) is 5.04. The number of carbonyl (C=O) groups is 1. The summed E-state index contributed by atoms with van der Waals surface area (Å²) in [5.74, 6) is 2.35. The van der Waals surface area contributed by atoms with E-state index in [0.29, 0.717) is 42.0 Å². The Balaban J connectivity index is 1.64. The van der Waals surface area contributed by atoms with Gasteiger partial charge in [0.15, 0.2) is 17.3 Å². The predicted molar refractivity (Wildman–Crippen MR) is 106 cm³/mol. The molecule has 0 aliphatic carbocycles. The highest BCUT2D eigenvalue weighted by Crippen LogP contribution is 2.28. The molecule has 0 fully saturated rings. The largest absolute Gasteiger partial charge is 0.497 e. The van der Waals surface area contributed by atoms with Gasteiger partial charge in [0.2, 0.25) is 0 Å². The molecule has 0 aliphatic rings. The lowest BCUT2D eigenvalue weighted by Crippen LogP contribution is -2.23. The number of ether oxygens (including phenoxy) is 3. The fourth-order valence-electron chi connectivity index (χ4n) is 2.63. The van der Waals surface area contributed by atoms with E-state index in [1.54, 1.807) is 25.3 Å². The molecule has 0 saturated carbocycles. The summed E-state index contributed by atoms with van der Waals surface area (Å²) in [6.07, 6.45) is 0. The van der Waals surface area contributed by atoms with Crippen molar-refractivity contribution < 1.29 is 23.5 Å². The third-order valence-electron chi connectivity index (χ3n) is 4.02. The zero-order valence-corrected chi connectivity index (χ0v) is 16.6. The molecule has 0 bridgehead atoms. The molecule has 152 valence electrons. The average molecular weight is 397 g/mol. The van der Waals surface area contributed by atoms with Crippen LogP contribution in [0.15, 0.2) is 47.0 Å². The van der Waals surface area contributed by atoms with Gasteiger partial charge in [0.05, 0.1) is 26.9 Å². The number of aromatic nitrogens is 2. The number of amides is 1. The lowest BCUT2D eigenvalue weighted by molar-refractivity contribution is 0.0949. The summed E-state index contributed by atoms with van der Waals surface area (Å²) in [4.78, 5) is 16.8. The van der Waals surface area contributed by atoms with Crippen LogP contribution in [0.25, 0.3) is 11.5 Å². The van der Waals surface area contributed by atoms with Crippen molar-refractivity contribution in [3.05, 3.63) is 53.9 Å². The Morgan fingerprint density at radius 2 is 1.76 bits per heavy atom. The normalized spacial score (nSPS) is 10.4. The smallest absolute Gasteiger partial charge is 0.257 e. The predicted octanol–water partition coefficient (Wildman–Crippen LogP) is 3.47. The van der Waals surface area contributed by atoms with Crippen molar-refractivity contribution in [3.8, 4) is 28.7 Å². The van der Waals surface area contributed by atoms with E-state index >= 15 is 0 Å². The molecule has 1 aromatic heterocycles. The first-order valence-electron chi connectivity index (χ1n) is 9.29. The van der Waals surface area contributed by atoms with E-state index in [-0.39, 0.29) is 12.5 Å². The van der Waals surface area contributed by atoms with Crippen LogP contribution in [0.3, 0.4) is 0 Å². The first-order valence-corrected chi connectivity index (χ1v) is 9.29. The van der Waals surface area contributed by atoms with Gasteiger partial charge in [-0.1, -0.05) is 5.16 Å². The van der Waals surface area contributed by atoms with Gasteiger partial charge in [-0.25, -0.2) is 0 Å². The number of nitrogens with zero attached hydrogens (tertiary/aromatic N) is 2. The van der Waals surface area contributed by atoms with Gasteiger partial charge in [-0.2, -0.15) is 4.98 Å².